The predicted octanol–water partition coefficient (Wildman–Crippen LogP) is 0.694. The SMILES string of the molecule is Cn1cnnc1CNc1ncccc1C#N. The maximum absolute atomic E-state index is 8.87. The van der Waals surface area contributed by atoms with Crippen LogP contribution in [-0.2, 0) is 13.6 Å². The molecule has 0 aliphatic carbocycles. The second kappa shape index (κ2) is 4.40. The summed E-state index contributed by atoms with van der Waals surface area (Å²) in [6, 6.07) is 5.51. The molecule has 6 heteroatoms. The standard InChI is InChI=1S/C10H10N6/c1-16-7-14-15-9(16)6-13-10-8(5-11)3-2-4-12-10/h2-4,7H,6H2,1H3,(H,12,13). The van der Waals surface area contributed by atoms with Gasteiger partial charge in [0, 0.05) is 13.2 Å². The first-order chi connectivity index (χ1) is 7.81. The minimum absolute atomic E-state index is 0.488. The van der Waals surface area contributed by atoms with Gasteiger partial charge in [0.25, 0.3) is 0 Å². The Bertz CT molecular complexity index is 524. The summed E-state index contributed by atoms with van der Waals surface area (Å²) in [6.45, 7) is 0.488. The van der Waals surface area contributed by atoms with Gasteiger partial charge in [0.15, 0.2) is 5.82 Å². The van der Waals surface area contributed by atoms with Gasteiger partial charge in [-0.15, -0.1) is 10.2 Å². The van der Waals surface area contributed by atoms with Crippen molar-refractivity contribution in [3.63, 3.8) is 0 Å². The smallest absolute Gasteiger partial charge is 0.151 e. The van der Waals surface area contributed by atoms with Gasteiger partial charge in [-0.1, -0.05) is 0 Å². The molecule has 16 heavy (non-hydrogen) atoms. The second-order valence-corrected chi connectivity index (χ2v) is 3.22. The highest BCUT2D eigenvalue weighted by Gasteiger charge is 2.04. The molecule has 2 aromatic rings. The molecule has 80 valence electrons. The van der Waals surface area contributed by atoms with Gasteiger partial charge in [-0.2, -0.15) is 5.26 Å². The summed E-state index contributed by atoms with van der Waals surface area (Å²) in [5.41, 5.74) is 0.518. The zero-order valence-electron chi connectivity index (χ0n) is 8.75. The molecule has 2 heterocycles. The predicted molar refractivity (Wildman–Crippen MR) is 57.3 cm³/mol. The summed E-state index contributed by atoms with van der Waals surface area (Å²) in [5.74, 6) is 1.35. The second-order valence-electron chi connectivity index (χ2n) is 3.22. The largest absolute Gasteiger partial charge is 0.362 e. The van der Waals surface area contributed by atoms with Crippen LogP contribution in [0.5, 0.6) is 0 Å². The minimum atomic E-state index is 0.488. The van der Waals surface area contributed by atoms with Crippen LogP contribution in [0, 0.1) is 11.3 Å². The van der Waals surface area contributed by atoms with E-state index in [9.17, 15) is 0 Å². The van der Waals surface area contributed by atoms with E-state index in [1.807, 2.05) is 11.6 Å². The lowest BCUT2D eigenvalue weighted by molar-refractivity contribution is 0.810. The monoisotopic (exact) mass is 214 g/mol. The van der Waals surface area contributed by atoms with E-state index in [4.69, 9.17) is 5.26 Å². The van der Waals surface area contributed by atoms with Crippen molar-refractivity contribution in [2.45, 2.75) is 6.54 Å². The Morgan fingerprint density at radius 1 is 1.56 bits per heavy atom. The number of anilines is 1. The Hall–Kier alpha value is -2.42. The van der Waals surface area contributed by atoms with Crippen molar-refractivity contribution in [2.24, 2.45) is 7.05 Å². The summed E-state index contributed by atoms with van der Waals surface area (Å²) >= 11 is 0. The fourth-order valence-corrected chi connectivity index (χ4v) is 1.27. The molecular formula is C10H10N6. The number of hydrogen-bond donors (Lipinski definition) is 1. The molecule has 0 saturated heterocycles. The quantitative estimate of drug-likeness (QED) is 0.813. The average Bonchev–Trinajstić information content (AvgIpc) is 2.72. The Labute approximate surface area is 92.6 Å². The number of aromatic nitrogens is 4. The lowest BCUT2D eigenvalue weighted by atomic mass is 10.3. The number of rotatable bonds is 3. The van der Waals surface area contributed by atoms with Crippen molar-refractivity contribution in [1.82, 2.24) is 19.7 Å². The topological polar surface area (TPSA) is 79.4 Å². The molecule has 0 unspecified atom stereocenters. The Kier molecular flexibility index (Phi) is 2.78. The van der Waals surface area contributed by atoms with Gasteiger partial charge >= 0.3 is 0 Å². The third kappa shape index (κ3) is 1.98. The summed E-state index contributed by atoms with van der Waals surface area (Å²) in [7, 11) is 1.86. The molecule has 0 bridgehead atoms. The van der Waals surface area contributed by atoms with Crippen LogP contribution in [0.4, 0.5) is 5.82 Å². The molecule has 2 aromatic heterocycles. The number of pyridine rings is 1. The van der Waals surface area contributed by atoms with Crippen molar-refractivity contribution in [2.75, 3.05) is 5.32 Å². The van der Waals surface area contributed by atoms with Crippen LogP contribution in [0.25, 0.3) is 0 Å². The zero-order valence-corrected chi connectivity index (χ0v) is 8.75. The van der Waals surface area contributed by atoms with E-state index in [2.05, 4.69) is 26.6 Å². The lowest BCUT2D eigenvalue weighted by Gasteiger charge is -2.05. The molecule has 0 amide bonds. The average molecular weight is 214 g/mol. The van der Waals surface area contributed by atoms with E-state index in [0.29, 0.717) is 17.9 Å². The molecule has 0 aliphatic rings. The van der Waals surface area contributed by atoms with Crippen LogP contribution in [0.3, 0.4) is 0 Å². The van der Waals surface area contributed by atoms with Crippen LogP contribution in [0.2, 0.25) is 0 Å². The summed E-state index contributed by atoms with van der Waals surface area (Å²) in [4.78, 5) is 4.09. The van der Waals surface area contributed by atoms with Crippen molar-refractivity contribution < 1.29 is 0 Å². The number of nitriles is 1. The van der Waals surface area contributed by atoms with Crippen LogP contribution >= 0.6 is 0 Å². The van der Waals surface area contributed by atoms with E-state index in [1.165, 1.54) is 0 Å². The van der Waals surface area contributed by atoms with Crippen LogP contribution < -0.4 is 5.32 Å². The van der Waals surface area contributed by atoms with Crippen LogP contribution in [0.15, 0.2) is 24.7 Å². The first-order valence-corrected chi connectivity index (χ1v) is 4.73. The highest BCUT2D eigenvalue weighted by molar-refractivity contribution is 5.51. The highest BCUT2D eigenvalue weighted by Crippen LogP contribution is 2.10. The number of nitrogens with zero attached hydrogens (tertiary/aromatic N) is 5. The summed E-state index contributed by atoms with van der Waals surface area (Å²) in [5, 5.41) is 19.6. The Balaban J connectivity index is 2.11. The number of aryl methyl sites for hydroxylation is 1. The number of hydrogen-bond acceptors (Lipinski definition) is 5. The number of nitrogens with one attached hydrogen (secondary N) is 1. The molecule has 0 aliphatic heterocycles. The van der Waals surface area contributed by atoms with Gasteiger partial charge in [-0.05, 0) is 12.1 Å². The third-order valence-electron chi connectivity index (χ3n) is 2.15. The minimum Gasteiger partial charge on any atom is -0.362 e. The van der Waals surface area contributed by atoms with Crippen LogP contribution in [0.1, 0.15) is 11.4 Å². The van der Waals surface area contributed by atoms with E-state index in [-0.39, 0.29) is 0 Å². The normalized spacial score (nSPS) is 9.75. The lowest BCUT2D eigenvalue weighted by Crippen LogP contribution is -2.07. The van der Waals surface area contributed by atoms with E-state index in [1.54, 1.807) is 24.7 Å². The Morgan fingerprint density at radius 3 is 3.12 bits per heavy atom. The first-order valence-electron chi connectivity index (χ1n) is 4.73. The molecule has 0 aromatic carbocycles. The molecule has 6 nitrogen and oxygen atoms in total. The molecule has 0 fully saturated rings. The molecular weight excluding hydrogens is 204 g/mol. The molecule has 0 spiro atoms. The van der Waals surface area contributed by atoms with Gasteiger partial charge in [-0.3, -0.25) is 0 Å². The molecule has 2 rings (SSSR count). The molecule has 0 saturated carbocycles. The third-order valence-corrected chi connectivity index (χ3v) is 2.15. The van der Waals surface area contributed by atoms with E-state index >= 15 is 0 Å². The molecule has 0 atom stereocenters. The van der Waals surface area contributed by atoms with Gasteiger partial charge < -0.3 is 9.88 Å². The van der Waals surface area contributed by atoms with Crippen molar-refractivity contribution in [3.05, 3.63) is 36.0 Å². The fraction of sp³-hybridized carbons (Fsp3) is 0.200. The first kappa shape index (κ1) is 10.1. The van der Waals surface area contributed by atoms with Gasteiger partial charge in [-0.25, -0.2) is 4.98 Å². The summed E-state index contributed by atoms with van der Waals surface area (Å²) in [6.07, 6.45) is 3.26. The van der Waals surface area contributed by atoms with Crippen molar-refractivity contribution in [3.8, 4) is 6.07 Å². The van der Waals surface area contributed by atoms with E-state index < -0.39 is 0 Å². The molecule has 1 N–H and O–H groups in total. The fourth-order valence-electron chi connectivity index (χ4n) is 1.27. The van der Waals surface area contributed by atoms with Crippen LogP contribution in [-0.4, -0.2) is 19.7 Å². The zero-order chi connectivity index (χ0) is 11.4. The van der Waals surface area contributed by atoms with Gasteiger partial charge in [0.2, 0.25) is 0 Å². The van der Waals surface area contributed by atoms with Gasteiger partial charge in [0.05, 0.1) is 12.1 Å². The van der Waals surface area contributed by atoms with Crippen molar-refractivity contribution >= 4 is 5.82 Å². The molecule has 0 radical (unpaired) electrons. The summed E-state index contributed by atoms with van der Waals surface area (Å²) < 4.78 is 1.81. The van der Waals surface area contributed by atoms with E-state index in [0.717, 1.165) is 5.82 Å². The van der Waals surface area contributed by atoms with Gasteiger partial charge in [0.1, 0.15) is 18.2 Å². The highest BCUT2D eigenvalue weighted by atomic mass is 15.3. The van der Waals surface area contributed by atoms with Crippen molar-refractivity contribution in [1.29, 1.82) is 5.26 Å². The maximum Gasteiger partial charge on any atom is 0.151 e. The maximum atomic E-state index is 8.87. The Morgan fingerprint density at radius 2 is 2.44 bits per heavy atom.